The summed E-state index contributed by atoms with van der Waals surface area (Å²) in [6.07, 6.45) is 4.38. The summed E-state index contributed by atoms with van der Waals surface area (Å²) in [6, 6.07) is -0.854. The van der Waals surface area contributed by atoms with Crippen LogP contribution in [0.1, 0.15) is 128 Å². The number of nitrogens with zero attached hydrogens (tertiary/aromatic N) is 3. The fraction of sp³-hybridized carbons (Fsp3) is 0.771. The Labute approximate surface area is 285 Å². The van der Waals surface area contributed by atoms with Gasteiger partial charge in [0.2, 0.25) is 5.91 Å². The molecule has 1 aliphatic heterocycles. The first-order chi connectivity index (χ1) is 22.1. The Morgan fingerprint density at radius 1 is 1.11 bits per heavy atom. The minimum atomic E-state index is -0.930. The average Bonchev–Trinajstić information content (AvgIpc) is 3.50. The van der Waals surface area contributed by atoms with Crippen LogP contribution in [0.5, 0.6) is 0 Å². The van der Waals surface area contributed by atoms with Gasteiger partial charge in [0.25, 0.3) is 5.91 Å². The number of nitrogens with one attached hydrogen (secondary N) is 1. The number of carbonyl (C=O) groups is 5. The van der Waals surface area contributed by atoms with Gasteiger partial charge < -0.3 is 20.1 Å². The summed E-state index contributed by atoms with van der Waals surface area (Å²) in [7, 11) is 1.99. The molecule has 2 amide bonds. The zero-order valence-corrected chi connectivity index (χ0v) is 30.7. The number of carboxylic acid groups (broad SMARTS) is 1. The van der Waals surface area contributed by atoms with E-state index in [0.29, 0.717) is 11.6 Å². The van der Waals surface area contributed by atoms with E-state index >= 15 is 0 Å². The zero-order valence-electron chi connectivity index (χ0n) is 29.9. The lowest BCUT2D eigenvalue weighted by Gasteiger charge is -2.39. The standard InChI is InChI=1S/C35H58N4O7S/c1-10-15-39(34(43)26(22(5)11-2)18-30(41)28-14-12-13-16-38(28)9)29(21(3)4)19-31(46-25(8)40)33-37-27(20-47-33)32(42)36-24(7)17-23(6)35(44)45/h20-24,26,28-29,31H,10-19H2,1-9H3,(H,36,42)(H,44,45)/t22-,23-,24-,26-,28+,29+,31+/m0/s1. The third-order valence-electron chi connectivity index (χ3n) is 9.43. The fourth-order valence-electron chi connectivity index (χ4n) is 6.45. The van der Waals surface area contributed by atoms with Crippen molar-refractivity contribution in [1.29, 1.82) is 0 Å². The molecule has 0 unspecified atom stereocenters. The second kappa shape index (κ2) is 19.2. The van der Waals surface area contributed by atoms with E-state index in [2.05, 4.69) is 15.2 Å². The van der Waals surface area contributed by atoms with Crippen molar-refractivity contribution in [1.82, 2.24) is 20.1 Å². The van der Waals surface area contributed by atoms with Crippen LogP contribution in [0.2, 0.25) is 0 Å². The minimum absolute atomic E-state index is 0.00104. The summed E-state index contributed by atoms with van der Waals surface area (Å²) in [5, 5.41) is 14.0. The zero-order chi connectivity index (χ0) is 35.4. The van der Waals surface area contributed by atoms with Crippen molar-refractivity contribution in [3.63, 3.8) is 0 Å². The predicted molar refractivity (Wildman–Crippen MR) is 183 cm³/mol. The van der Waals surface area contributed by atoms with Crippen molar-refractivity contribution in [2.24, 2.45) is 23.7 Å². The number of aliphatic carboxylic acids is 1. The van der Waals surface area contributed by atoms with Gasteiger partial charge in [-0.15, -0.1) is 11.3 Å². The number of thiazole rings is 1. The van der Waals surface area contributed by atoms with Gasteiger partial charge in [-0.05, 0) is 58.0 Å². The highest BCUT2D eigenvalue weighted by Crippen LogP contribution is 2.33. The molecular formula is C35H58N4O7S. The van der Waals surface area contributed by atoms with Gasteiger partial charge in [0, 0.05) is 49.7 Å². The number of hydrogen-bond donors (Lipinski definition) is 2. The average molecular weight is 679 g/mol. The van der Waals surface area contributed by atoms with E-state index in [1.165, 1.54) is 18.3 Å². The third kappa shape index (κ3) is 12.0. The molecule has 0 spiro atoms. The van der Waals surface area contributed by atoms with Crippen molar-refractivity contribution in [3.05, 3.63) is 16.1 Å². The van der Waals surface area contributed by atoms with Gasteiger partial charge >= 0.3 is 11.9 Å². The van der Waals surface area contributed by atoms with Crippen LogP contribution in [0.25, 0.3) is 0 Å². The van der Waals surface area contributed by atoms with Crippen LogP contribution >= 0.6 is 11.3 Å². The summed E-state index contributed by atoms with van der Waals surface area (Å²) < 4.78 is 5.78. The van der Waals surface area contributed by atoms with Crippen LogP contribution in [0.3, 0.4) is 0 Å². The van der Waals surface area contributed by atoms with Gasteiger partial charge in [-0.3, -0.25) is 28.9 Å². The van der Waals surface area contributed by atoms with Crippen molar-refractivity contribution >= 4 is 40.9 Å². The number of carbonyl (C=O) groups excluding carboxylic acids is 4. The number of rotatable bonds is 19. The Hall–Kier alpha value is -2.86. The van der Waals surface area contributed by atoms with Crippen LogP contribution in [-0.2, 0) is 23.9 Å². The smallest absolute Gasteiger partial charge is 0.306 e. The molecule has 11 nitrogen and oxygen atoms in total. The maximum atomic E-state index is 14.5. The lowest BCUT2D eigenvalue weighted by Crippen LogP contribution is -2.50. The normalized spacial score (nSPS) is 19.2. The summed E-state index contributed by atoms with van der Waals surface area (Å²) in [5.41, 5.74) is 0.155. The number of ketones is 1. The molecular weight excluding hydrogens is 620 g/mol. The Bertz CT molecular complexity index is 1200. The molecule has 7 atom stereocenters. The molecule has 12 heteroatoms. The van der Waals surface area contributed by atoms with Crippen molar-refractivity contribution < 1.29 is 33.8 Å². The first-order valence-electron chi connectivity index (χ1n) is 17.3. The molecule has 0 aliphatic carbocycles. The SMILES string of the molecule is CCCN(C(=O)[C@@H](CC(=O)[C@H]1CCCCN1C)[C@@H](C)CC)[C@H](C[C@@H](OC(C)=O)c1nc(C(=O)N[C@@H](C)C[C@H](C)C(=O)O)cs1)C(C)C. The van der Waals surface area contributed by atoms with Crippen molar-refractivity contribution in [2.45, 2.75) is 131 Å². The Morgan fingerprint density at radius 3 is 2.34 bits per heavy atom. The topological polar surface area (TPSA) is 146 Å². The molecule has 47 heavy (non-hydrogen) atoms. The highest BCUT2D eigenvalue weighted by molar-refractivity contribution is 7.09. The quantitative estimate of drug-likeness (QED) is 0.175. The molecule has 0 aromatic carbocycles. The van der Waals surface area contributed by atoms with Crippen molar-refractivity contribution in [2.75, 3.05) is 20.1 Å². The summed E-state index contributed by atoms with van der Waals surface area (Å²) in [4.78, 5) is 73.1. The van der Waals surface area contributed by atoms with Crippen LogP contribution in [0, 0.1) is 23.7 Å². The number of hydrogen-bond acceptors (Lipinski definition) is 9. The summed E-state index contributed by atoms with van der Waals surface area (Å²) in [5.74, 6) is -2.84. The highest BCUT2D eigenvalue weighted by Gasteiger charge is 2.38. The Morgan fingerprint density at radius 2 is 1.79 bits per heavy atom. The van der Waals surface area contributed by atoms with Crippen LogP contribution in [0.4, 0.5) is 0 Å². The molecule has 2 heterocycles. The molecule has 1 saturated heterocycles. The molecule has 0 saturated carbocycles. The molecule has 0 radical (unpaired) electrons. The largest absolute Gasteiger partial charge is 0.481 e. The molecule has 1 aromatic heterocycles. The Balaban J connectivity index is 2.34. The van der Waals surface area contributed by atoms with Gasteiger partial charge in [0.05, 0.1) is 12.0 Å². The van der Waals surface area contributed by atoms with Gasteiger partial charge in [-0.2, -0.15) is 0 Å². The van der Waals surface area contributed by atoms with Crippen LogP contribution in [-0.4, -0.2) is 87.7 Å². The van der Waals surface area contributed by atoms with E-state index in [9.17, 15) is 29.1 Å². The Kier molecular flexibility index (Phi) is 16.5. The number of Topliss-reactive ketones (excluding diaryl/α,β-unsaturated/α-hetero) is 1. The summed E-state index contributed by atoms with van der Waals surface area (Å²) >= 11 is 1.20. The number of piperidine rings is 1. The third-order valence-corrected chi connectivity index (χ3v) is 10.4. The number of carboxylic acids is 1. The van der Waals surface area contributed by atoms with E-state index in [4.69, 9.17) is 4.74 Å². The van der Waals surface area contributed by atoms with E-state index in [1.807, 2.05) is 46.6 Å². The maximum Gasteiger partial charge on any atom is 0.306 e. The van der Waals surface area contributed by atoms with E-state index in [-0.39, 0.29) is 66.6 Å². The molecule has 1 aliphatic rings. The molecule has 1 fully saturated rings. The van der Waals surface area contributed by atoms with Crippen LogP contribution < -0.4 is 5.32 Å². The lowest BCUT2D eigenvalue weighted by molar-refractivity contribution is -0.150. The van der Waals surface area contributed by atoms with E-state index < -0.39 is 35.8 Å². The molecule has 0 bridgehead atoms. The second-order valence-electron chi connectivity index (χ2n) is 13.8. The monoisotopic (exact) mass is 678 g/mol. The first-order valence-corrected chi connectivity index (χ1v) is 18.2. The lowest BCUT2D eigenvalue weighted by atomic mass is 9.82. The predicted octanol–water partition coefficient (Wildman–Crippen LogP) is 5.74. The molecule has 2 N–H and O–H groups in total. The maximum absolute atomic E-state index is 14.5. The summed E-state index contributed by atoms with van der Waals surface area (Å²) in [6.45, 7) is 16.2. The van der Waals surface area contributed by atoms with Crippen LogP contribution in [0.15, 0.2) is 5.38 Å². The molecule has 2 rings (SSSR count). The second-order valence-corrected chi connectivity index (χ2v) is 14.6. The van der Waals surface area contributed by atoms with Gasteiger partial charge in [-0.25, -0.2) is 4.98 Å². The number of ether oxygens (including phenoxy) is 1. The molecule has 266 valence electrons. The van der Waals surface area contributed by atoms with Crippen molar-refractivity contribution in [3.8, 4) is 0 Å². The van der Waals surface area contributed by atoms with Gasteiger partial charge in [0.15, 0.2) is 11.9 Å². The highest BCUT2D eigenvalue weighted by atomic mass is 32.1. The van der Waals surface area contributed by atoms with E-state index in [1.54, 1.807) is 19.2 Å². The first kappa shape index (κ1) is 40.3. The van der Waals surface area contributed by atoms with E-state index in [0.717, 1.165) is 38.6 Å². The number of esters is 1. The minimum Gasteiger partial charge on any atom is -0.481 e. The van der Waals surface area contributed by atoms with Gasteiger partial charge in [-0.1, -0.05) is 54.4 Å². The fourth-order valence-corrected chi connectivity index (χ4v) is 7.29. The number of likely N-dealkylation sites (tertiary alicyclic amines) is 1. The number of amides is 2. The number of aromatic nitrogens is 1. The number of likely N-dealkylation sites (N-methyl/N-ethyl adjacent to an activating group) is 1. The molecule has 1 aromatic rings. The van der Waals surface area contributed by atoms with Gasteiger partial charge in [0.1, 0.15) is 10.7 Å².